The van der Waals surface area contributed by atoms with Gasteiger partial charge in [-0.1, -0.05) is 18.2 Å². The van der Waals surface area contributed by atoms with Gasteiger partial charge in [0.2, 0.25) is 0 Å². The number of methoxy groups -OCH3 is 1. The van der Waals surface area contributed by atoms with Gasteiger partial charge >= 0.3 is 0 Å². The molecule has 0 aliphatic rings. The molecule has 2 N–H and O–H groups in total. The lowest BCUT2D eigenvalue weighted by atomic mass is 10.2. The fraction of sp³-hybridized carbons (Fsp3) is 0.133. The summed E-state index contributed by atoms with van der Waals surface area (Å²) in [5, 5.41) is 5.84. The molecule has 0 radical (unpaired) electrons. The second kappa shape index (κ2) is 7.35. The number of pyridine rings is 1. The van der Waals surface area contributed by atoms with Crippen LogP contribution in [0.4, 0.5) is 0 Å². The van der Waals surface area contributed by atoms with Crippen LogP contribution in [0, 0.1) is 0 Å². The number of thiocarbonyl (C=S) groups is 1. The van der Waals surface area contributed by atoms with E-state index in [4.69, 9.17) is 17.0 Å². The van der Waals surface area contributed by atoms with Gasteiger partial charge in [-0.2, -0.15) is 0 Å². The summed E-state index contributed by atoms with van der Waals surface area (Å²) in [5.41, 5.74) is 1.41. The van der Waals surface area contributed by atoms with Crippen molar-refractivity contribution in [3.05, 3.63) is 59.9 Å². The average Bonchev–Trinajstić information content (AvgIpc) is 2.53. The minimum absolute atomic E-state index is 0.259. The number of carbonyl (C=O) groups is 1. The summed E-state index contributed by atoms with van der Waals surface area (Å²) in [6.45, 7) is 0.499. The van der Waals surface area contributed by atoms with E-state index < -0.39 is 0 Å². The predicted octanol–water partition coefficient (Wildman–Crippen LogP) is 1.89. The topological polar surface area (TPSA) is 63.2 Å². The summed E-state index contributed by atoms with van der Waals surface area (Å²) in [7, 11) is 1.52. The lowest BCUT2D eigenvalue weighted by molar-refractivity contribution is 0.0973. The predicted molar refractivity (Wildman–Crippen MR) is 84.1 cm³/mol. The van der Waals surface area contributed by atoms with Crippen molar-refractivity contribution < 1.29 is 9.53 Å². The molecule has 0 aliphatic carbocycles. The highest BCUT2D eigenvalue weighted by molar-refractivity contribution is 7.80. The van der Waals surface area contributed by atoms with Gasteiger partial charge in [-0.25, -0.2) is 0 Å². The number of nitrogens with zero attached hydrogens (tertiary/aromatic N) is 1. The first-order valence-electron chi connectivity index (χ1n) is 6.32. The number of ether oxygens (including phenoxy) is 1. The van der Waals surface area contributed by atoms with E-state index in [1.807, 2.05) is 12.1 Å². The molecule has 2 rings (SSSR count). The number of benzene rings is 1. The third-order valence-electron chi connectivity index (χ3n) is 2.75. The molecule has 0 aliphatic heterocycles. The second-order valence-corrected chi connectivity index (χ2v) is 4.61. The Hall–Kier alpha value is -2.47. The normalized spacial score (nSPS) is 9.76. The van der Waals surface area contributed by atoms with Crippen LogP contribution in [0.3, 0.4) is 0 Å². The number of aromatic nitrogens is 1. The molecule has 0 unspecified atom stereocenters. The minimum Gasteiger partial charge on any atom is -0.496 e. The summed E-state index contributed by atoms with van der Waals surface area (Å²) >= 11 is 5.10. The van der Waals surface area contributed by atoms with Crippen LogP contribution in [0.1, 0.15) is 15.9 Å². The number of amides is 1. The summed E-state index contributed by atoms with van der Waals surface area (Å²) in [6, 6.07) is 10.7. The van der Waals surface area contributed by atoms with Gasteiger partial charge in [0.05, 0.1) is 12.7 Å². The van der Waals surface area contributed by atoms with Crippen molar-refractivity contribution in [1.82, 2.24) is 15.6 Å². The highest BCUT2D eigenvalue weighted by atomic mass is 32.1. The third kappa shape index (κ3) is 4.25. The van der Waals surface area contributed by atoms with E-state index in [-0.39, 0.29) is 11.0 Å². The molecular formula is C15H15N3O2S. The van der Waals surface area contributed by atoms with Gasteiger partial charge in [0.25, 0.3) is 5.91 Å². The Balaban J connectivity index is 1.92. The molecule has 6 heteroatoms. The largest absolute Gasteiger partial charge is 0.496 e. The molecule has 1 aromatic carbocycles. The average molecular weight is 301 g/mol. The Morgan fingerprint density at radius 2 is 2.10 bits per heavy atom. The maximum Gasteiger partial charge on any atom is 0.261 e. The van der Waals surface area contributed by atoms with E-state index in [1.54, 1.807) is 36.7 Å². The molecule has 0 saturated carbocycles. The van der Waals surface area contributed by atoms with E-state index in [0.717, 1.165) is 5.56 Å². The first-order chi connectivity index (χ1) is 10.2. The number of para-hydroxylation sites is 1. The number of carbonyl (C=O) groups excluding carboxylic acids is 1. The van der Waals surface area contributed by atoms with Crippen molar-refractivity contribution >= 4 is 23.2 Å². The van der Waals surface area contributed by atoms with Gasteiger partial charge in [-0.3, -0.25) is 15.1 Å². The number of hydrogen-bond donors (Lipinski definition) is 2. The molecule has 0 fully saturated rings. The lowest BCUT2D eigenvalue weighted by Gasteiger charge is -2.11. The summed E-state index contributed by atoms with van der Waals surface area (Å²) < 4.78 is 5.14. The van der Waals surface area contributed by atoms with Crippen LogP contribution in [-0.4, -0.2) is 23.1 Å². The summed E-state index contributed by atoms with van der Waals surface area (Å²) in [6.07, 6.45) is 3.43. The first-order valence-corrected chi connectivity index (χ1v) is 6.72. The zero-order chi connectivity index (χ0) is 15.1. The SMILES string of the molecule is COc1ccccc1C(=O)NC(=S)NCc1cccnc1. The van der Waals surface area contributed by atoms with Crippen LogP contribution in [0.15, 0.2) is 48.8 Å². The van der Waals surface area contributed by atoms with Crippen molar-refractivity contribution in [2.75, 3.05) is 7.11 Å². The molecule has 2 aromatic rings. The number of nitrogens with one attached hydrogen (secondary N) is 2. The summed E-state index contributed by atoms with van der Waals surface area (Å²) in [5.74, 6) is 0.196. The van der Waals surface area contributed by atoms with Gasteiger partial charge in [0.1, 0.15) is 5.75 Å². The Morgan fingerprint density at radius 3 is 2.81 bits per heavy atom. The zero-order valence-corrected chi connectivity index (χ0v) is 12.3. The molecule has 0 bridgehead atoms. The van der Waals surface area contributed by atoms with Crippen molar-refractivity contribution in [3.8, 4) is 5.75 Å². The Bertz CT molecular complexity index is 632. The highest BCUT2D eigenvalue weighted by Crippen LogP contribution is 2.16. The fourth-order valence-corrected chi connectivity index (χ4v) is 1.90. The molecule has 1 heterocycles. The quantitative estimate of drug-likeness (QED) is 0.845. The third-order valence-corrected chi connectivity index (χ3v) is 3.00. The van der Waals surface area contributed by atoms with Gasteiger partial charge in [-0.15, -0.1) is 0 Å². The Kier molecular flexibility index (Phi) is 5.22. The van der Waals surface area contributed by atoms with Crippen LogP contribution in [0.5, 0.6) is 5.75 Å². The van der Waals surface area contributed by atoms with E-state index >= 15 is 0 Å². The van der Waals surface area contributed by atoms with Crippen LogP contribution >= 0.6 is 12.2 Å². The summed E-state index contributed by atoms with van der Waals surface area (Å²) in [4.78, 5) is 16.1. The van der Waals surface area contributed by atoms with E-state index in [0.29, 0.717) is 17.9 Å². The maximum absolute atomic E-state index is 12.1. The van der Waals surface area contributed by atoms with Gasteiger partial charge < -0.3 is 10.1 Å². The molecule has 21 heavy (non-hydrogen) atoms. The van der Waals surface area contributed by atoms with Gasteiger partial charge in [-0.05, 0) is 36.0 Å². The van der Waals surface area contributed by atoms with Crippen molar-refractivity contribution in [2.24, 2.45) is 0 Å². The molecular weight excluding hydrogens is 286 g/mol. The van der Waals surface area contributed by atoms with Crippen LogP contribution in [-0.2, 0) is 6.54 Å². The smallest absolute Gasteiger partial charge is 0.261 e. The maximum atomic E-state index is 12.1. The Labute approximate surface area is 128 Å². The van der Waals surface area contributed by atoms with Gasteiger partial charge in [0.15, 0.2) is 5.11 Å². The van der Waals surface area contributed by atoms with Gasteiger partial charge in [0, 0.05) is 18.9 Å². The van der Waals surface area contributed by atoms with E-state index in [2.05, 4.69) is 15.6 Å². The first kappa shape index (κ1) is 14.9. The number of rotatable bonds is 4. The monoisotopic (exact) mass is 301 g/mol. The second-order valence-electron chi connectivity index (χ2n) is 4.20. The molecule has 0 saturated heterocycles. The highest BCUT2D eigenvalue weighted by Gasteiger charge is 2.12. The molecule has 1 aromatic heterocycles. The molecule has 108 valence electrons. The van der Waals surface area contributed by atoms with Crippen molar-refractivity contribution in [1.29, 1.82) is 0 Å². The zero-order valence-electron chi connectivity index (χ0n) is 11.5. The van der Waals surface area contributed by atoms with E-state index in [9.17, 15) is 4.79 Å². The van der Waals surface area contributed by atoms with Crippen LogP contribution < -0.4 is 15.4 Å². The van der Waals surface area contributed by atoms with E-state index in [1.165, 1.54) is 7.11 Å². The fourth-order valence-electron chi connectivity index (χ4n) is 1.73. The molecule has 1 amide bonds. The van der Waals surface area contributed by atoms with Crippen molar-refractivity contribution in [2.45, 2.75) is 6.54 Å². The Morgan fingerprint density at radius 1 is 1.29 bits per heavy atom. The lowest BCUT2D eigenvalue weighted by Crippen LogP contribution is -2.39. The standard InChI is InChI=1S/C15H15N3O2S/c1-20-13-7-3-2-6-12(13)14(19)18-15(21)17-10-11-5-4-8-16-9-11/h2-9H,10H2,1H3,(H2,17,18,19,21). The van der Waals surface area contributed by atoms with Crippen molar-refractivity contribution in [3.63, 3.8) is 0 Å². The molecule has 5 nitrogen and oxygen atoms in total. The van der Waals surface area contributed by atoms with Crippen LogP contribution in [0.2, 0.25) is 0 Å². The number of hydrogen-bond acceptors (Lipinski definition) is 4. The molecule has 0 atom stereocenters. The minimum atomic E-state index is -0.309. The molecule has 0 spiro atoms. The van der Waals surface area contributed by atoms with Crippen LogP contribution in [0.25, 0.3) is 0 Å².